The number of para-hydroxylation sites is 1. The molecule has 14 heavy (non-hydrogen) atoms. The largest absolute Gasteiger partial charge is 0.225 e. The second kappa shape index (κ2) is 6.81. The van der Waals surface area contributed by atoms with E-state index in [-0.39, 0.29) is 0 Å². The highest BCUT2D eigenvalue weighted by molar-refractivity contribution is 5.51. The topological polar surface area (TPSA) is 24.7 Å². The summed E-state index contributed by atoms with van der Waals surface area (Å²) in [7, 11) is 0. The van der Waals surface area contributed by atoms with Crippen molar-refractivity contribution in [3.05, 3.63) is 43.0 Å². The van der Waals surface area contributed by atoms with Crippen LogP contribution in [-0.2, 0) is 0 Å². The lowest BCUT2D eigenvalue weighted by atomic mass is 10.3. The molecule has 0 radical (unpaired) electrons. The maximum absolute atomic E-state index is 4.06. The first-order valence-corrected chi connectivity index (χ1v) is 4.71. The molecule has 0 saturated heterocycles. The van der Waals surface area contributed by atoms with Crippen LogP contribution in [0.2, 0.25) is 0 Å². The maximum Gasteiger partial charge on any atom is 0.0948 e. The average molecular weight is 186 g/mol. The molecule has 72 valence electrons. The highest BCUT2D eigenvalue weighted by Crippen LogP contribution is 2.07. The van der Waals surface area contributed by atoms with Gasteiger partial charge in [0.05, 0.1) is 18.2 Å². The van der Waals surface area contributed by atoms with E-state index < -0.39 is 0 Å². The van der Waals surface area contributed by atoms with Crippen LogP contribution in [0.4, 0.5) is 5.69 Å². The fraction of sp³-hybridized carbons (Fsp3) is 0.250. The zero-order chi connectivity index (χ0) is 10.1. The molecule has 0 bridgehead atoms. The van der Waals surface area contributed by atoms with Crippen molar-refractivity contribution in [2.45, 2.75) is 12.8 Å². The van der Waals surface area contributed by atoms with Crippen molar-refractivity contribution in [2.75, 3.05) is 6.54 Å². The van der Waals surface area contributed by atoms with Gasteiger partial charge in [0.1, 0.15) is 0 Å². The number of aliphatic imine (C=N–C) groups is 2. The molecule has 0 aromatic heterocycles. The van der Waals surface area contributed by atoms with E-state index in [9.17, 15) is 0 Å². The van der Waals surface area contributed by atoms with E-state index in [0.29, 0.717) is 0 Å². The molecule has 1 aromatic carbocycles. The Labute approximate surface area is 84.7 Å². The summed E-state index contributed by atoms with van der Waals surface area (Å²) >= 11 is 0. The summed E-state index contributed by atoms with van der Waals surface area (Å²) in [6.07, 6.45) is 3.90. The zero-order valence-electron chi connectivity index (χ0n) is 8.19. The van der Waals surface area contributed by atoms with Gasteiger partial charge < -0.3 is 0 Å². The van der Waals surface area contributed by atoms with Gasteiger partial charge in [-0.3, -0.25) is 0 Å². The Hall–Kier alpha value is -1.66. The van der Waals surface area contributed by atoms with Gasteiger partial charge in [0, 0.05) is 0 Å². The Bertz CT molecular complexity index is 321. The smallest absolute Gasteiger partial charge is 0.0948 e. The molecule has 0 atom stereocenters. The van der Waals surface area contributed by atoms with Crippen molar-refractivity contribution in [1.29, 1.82) is 0 Å². The third-order valence-electron chi connectivity index (χ3n) is 1.68. The van der Waals surface area contributed by atoms with E-state index in [0.717, 1.165) is 25.1 Å². The molecule has 0 unspecified atom stereocenters. The van der Waals surface area contributed by atoms with E-state index in [4.69, 9.17) is 0 Å². The molecule has 0 aliphatic rings. The Morgan fingerprint density at radius 1 is 1.29 bits per heavy atom. The number of nitrogens with zero attached hydrogens (tertiary/aromatic N) is 2. The van der Waals surface area contributed by atoms with E-state index in [1.807, 2.05) is 36.4 Å². The first-order valence-electron chi connectivity index (χ1n) is 4.71. The number of hydrogen-bond donors (Lipinski definition) is 0. The Morgan fingerprint density at radius 2 is 2.07 bits per heavy atom. The van der Waals surface area contributed by atoms with Crippen LogP contribution in [-0.4, -0.2) is 12.6 Å². The van der Waals surface area contributed by atoms with Gasteiger partial charge >= 0.3 is 0 Å². The van der Waals surface area contributed by atoms with Crippen LogP contribution in [0.3, 0.4) is 0 Å². The van der Waals surface area contributed by atoms with E-state index in [2.05, 4.69) is 22.6 Å². The minimum Gasteiger partial charge on any atom is -0.225 e. The van der Waals surface area contributed by atoms with Crippen LogP contribution in [0.25, 0.3) is 0 Å². The summed E-state index contributed by atoms with van der Waals surface area (Å²) in [6.45, 7) is 4.41. The molecule has 0 N–H and O–H groups in total. The maximum atomic E-state index is 4.06. The molecule has 0 aliphatic heterocycles. The Morgan fingerprint density at radius 3 is 2.79 bits per heavy atom. The van der Waals surface area contributed by atoms with Crippen molar-refractivity contribution in [3.63, 3.8) is 0 Å². The van der Waals surface area contributed by atoms with Gasteiger partial charge in [0.15, 0.2) is 0 Å². The predicted octanol–water partition coefficient (Wildman–Crippen LogP) is 3.46. The van der Waals surface area contributed by atoms with Crippen molar-refractivity contribution in [1.82, 2.24) is 0 Å². The molecule has 2 nitrogen and oxygen atoms in total. The zero-order valence-corrected chi connectivity index (χ0v) is 8.19. The molecule has 0 aliphatic carbocycles. The number of allylic oxidation sites excluding steroid dienone is 1. The second-order valence-electron chi connectivity index (χ2n) is 2.86. The minimum absolute atomic E-state index is 0.766. The van der Waals surface area contributed by atoms with E-state index in [1.54, 1.807) is 0 Å². The molecule has 0 heterocycles. The van der Waals surface area contributed by atoms with Gasteiger partial charge in [-0.1, -0.05) is 24.3 Å². The fourth-order valence-electron chi connectivity index (χ4n) is 0.960. The highest BCUT2D eigenvalue weighted by Gasteiger charge is 1.81. The van der Waals surface area contributed by atoms with Gasteiger partial charge in [-0.05, 0) is 25.0 Å². The van der Waals surface area contributed by atoms with Crippen molar-refractivity contribution in [2.24, 2.45) is 9.98 Å². The average Bonchev–Trinajstić information content (AvgIpc) is 2.25. The fourth-order valence-corrected chi connectivity index (χ4v) is 0.960. The van der Waals surface area contributed by atoms with Gasteiger partial charge in [-0.2, -0.15) is 4.99 Å². The van der Waals surface area contributed by atoms with Crippen LogP contribution in [0.5, 0.6) is 0 Å². The summed E-state index contributed by atoms with van der Waals surface area (Å²) in [5, 5.41) is 0. The highest BCUT2D eigenvalue weighted by atomic mass is 14.8. The first kappa shape index (κ1) is 10.4. The van der Waals surface area contributed by atoms with Crippen LogP contribution >= 0.6 is 0 Å². The van der Waals surface area contributed by atoms with E-state index in [1.165, 1.54) is 0 Å². The molecule has 2 heteroatoms. The third-order valence-corrected chi connectivity index (χ3v) is 1.68. The first-order chi connectivity index (χ1) is 6.93. The lowest BCUT2D eigenvalue weighted by molar-refractivity contribution is 0.860. The molecule has 0 spiro atoms. The standard InChI is InChI=1S/C12H14N2/c1-2-3-7-10-13-11-14-12-8-5-4-6-9-12/h2,4-6,8-9H,1,3,7,10H2. The second-order valence-corrected chi connectivity index (χ2v) is 2.86. The minimum atomic E-state index is 0.766. The summed E-state index contributed by atoms with van der Waals surface area (Å²) in [4.78, 5) is 8.10. The summed E-state index contributed by atoms with van der Waals surface area (Å²) in [5.74, 6) is 0. The number of unbranched alkanes of at least 4 members (excludes halogenated alkanes) is 1. The number of benzene rings is 1. The predicted molar refractivity (Wildman–Crippen MR) is 60.3 cm³/mol. The quantitative estimate of drug-likeness (QED) is 0.382. The lowest BCUT2D eigenvalue weighted by Gasteiger charge is -1.87. The lowest BCUT2D eigenvalue weighted by Crippen LogP contribution is -1.76. The number of rotatable bonds is 5. The molecule has 0 amide bonds. The van der Waals surface area contributed by atoms with Crippen molar-refractivity contribution >= 4 is 11.7 Å². The van der Waals surface area contributed by atoms with Crippen LogP contribution < -0.4 is 0 Å². The van der Waals surface area contributed by atoms with Crippen LogP contribution in [0, 0.1) is 0 Å². The monoisotopic (exact) mass is 186 g/mol. The molecular formula is C12H14N2. The SMILES string of the molecule is C=CCCCN=C=Nc1ccccc1. The van der Waals surface area contributed by atoms with Gasteiger partial charge in [-0.25, -0.2) is 4.99 Å². The van der Waals surface area contributed by atoms with Gasteiger partial charge in [-0.15, -0.1) is 6.58 Å². The normalized spacial score (nSPS) is 8.86. The molecule has 0 saturated carbocycles. The molecule has 1 rings (SSSR count). The van der Waals surface area contributed by atoms with Crippen LogP contribution in [0.15, 0.2) is 53.0 Å². The van der Waals surface area contributed by atoms with Gasteiger partial charge in [0.2, 0.25) is 0 Å². The Balaban J connectivity index is 2.36. The van der Waals surface area contributed by atoms with Crippen molar-refractivity contribution in [3.8, 4) is 0 Å². The summed E-state index contributed by atoms with van der Waals surface area (Å²) in [5.41, 5.74) is 0.889. The Kier molecular flexibility index (Phi) is 5.07. The summed E-state index contributed by atoms with van der Waals surface area (Å²) < 4.78 is 0. The summed E-state index contributed by atoms with van der Waals surface area (Å²) in [6, 6.07) is 12.4. The molecular weight excluding hydrogens is 172 g/mol. The van der Waals surface area contributed by atoms with Crippen LogP contribution in [0.1, 0.15) is 12.8 Å². The molecule has 1 aromatic rings. The third kappa shape index (κ3) is 4.39. The van der Waals surface area contributed by atoms with Crippen molar-refractivity contribution < 1.29 is 0 Å². The molecule has 0 fully saturated rings. The van der Waals surface area contributed by atoms with Gasteiger partial charge in [0.25, 0.3) is 0 Å². The van der Waals surface area contributed by atoms with E-state index >= 15 is 0 Å². The number of hydrogen-bond acceptors (Lipinski definition) is 2.